The van der Waals surface area contributed by atoms with Crippen LogP contribution in [0.15, 0.2) is 48.5 Å². The van der Waals surface area contributed by atoms with E-state index < -0.39 is 42.1 Å². The second-order valence-corrected chi connectivity index (χ2v) is 9.23. The highest BCUT2D eigenvalue weighted by molar-refractivity contribution is 5.88. The van der Waals surface area contributed by atoms with Gasteiger partial charge < -0.3 is 25.6 Å². The largest absolute Gasteiger partial charge is 0.480 e. The molecule has 0 heterocycles. The number of benzene rings is 2. The fraction of sp³-hybridized carbons (Fsp3) is 0.423. The third-order valence-electron chi connectivity index (χ3n) is 7.15. The third-order valence-corrected chi connectivity index (χ3v) is 7.15. The zero-order chi connectivity index (χ0) is 24.3. The standard InChI is InChI=1S/C26H30N2O6/c1-26(24(32)27-21(14-29)23(30)31)13-7-6-12-22(26)28-25(33)34-15-20-18-10-4-2-8-16(18)17-9-3-5-11-19(17)20/h2-5,8-11,20-22,29H,6-7,12-15H2,1H3,(H,27,32)(H,28,33)(H,30,31)/t21-,22?,26?/m1/s1. The molecule has 2 aromatic carbocycles. The van der Waals surface area contributed by atoms with Crippen LogP contribution in [-0.4, -0.2) is 53.5 Å². The van der Waals surface area contributed by atoms with Crippen molar-refractivity contribution in [3.05, 3.63) is 59.7 Å². The number of aliphatic hydroxyl groups is 1. The van der Waals surface area contributed by atoms with Crippen LogP contribution in [0.3, 0.4) is 0 Å². The van der Waals surface area contributed by atoms with Crippen LogP contribution in [0.4, 0.5) is 4.79 Å². The summed E-state index contributed by atoms with van der Waals surface area (Å²) in [6.07, 6.45) is 2.07. The predicted octanol–water partition coefficient (Wildman–Crippen LogP) is 3.04. The van der Waals surface area contributed by atoms with Gasteiger partial charge in [-0.2, -0.15) is 0 Å². The Morgan fingerprint density at radius 1 is 1.06 bits per heavy atom. The van der Waals surface area contributed by atoms with Crippen LogP contribution < -0.4 is 10.6 Å². The lowest BCUT2D eigenvalue weighted by atomic mass is 9.71. The van der Waals surface area contributed by atoms with Gasteiger partial charge in [0.25, 0.3) is 0 Å². The number of nitrogens with one attached hydrogen (secondary N) is 2. The van der Waals surface area contributed by atoms with Crippen molar-refractivity contribution in [2.24, 2.45) is 5.41 Å². The molecule has 2 amide bonds. The van der Waals surface area contributed by atoms with E-state index in [-0.39, 0.29) is 12.5 Å². The van der Waals surface area contributed by atoms with Crippen LogP contribution >= 0.6 is 0 Å². The van der Waals surface area contributed by atoms with Crippen molar-refractivity contribution < 1.29 is 29.3 Å². The number of rotatable bonds is 7. The number of carbonyl (C=O) groups excluding carboxylic acids is 2. The first-order valence-corrected chi connectivity index (χ1v) is 11.6. The van der Waals surface area contributed by atoms with Gasteiger partial charge in [0.2, 0.25) is 5.91 Å². The molecule has 4 N–H and O–H groups in total. The Hall–Kier alpha value is -3.39. The number of alkyl carbamates (subject to hydrolysis) is 1. The first kappa shape index (κ1) is 23.8. The maximum atomic E-state index is 12.9. The highest BCUT2D eigenvalue weighted by atomic mass is 16.5. The lowest BCUT2D eigenvalue weighted by Crippen LogP contribution is -2.58. The summed E-state index contributed by atoms with van der Waals surface area (Å²) in [5.74, 6) is -1.88. The minimum atomic E-state index is -1.39. The lowest BCUT2D eigenvalue weighted by Gasteiger charge is -2.40. The first-order valence-electron chi connectivity index (χ1n) is 11.6. The number of hydrogen-bond donors (Lipinski definition) is 4. The van der Waals surface area contributed by atoms with E-state index in [9.17, 15) is 19.5 Å². The molecule has 8 heteroatoms. The van der Waals surface area contributed by atoms with Crippen LogP contribution in [0.5, 0.6) is 0 Å². The first-order chi connectivity index (χ1) is 16.3. The average Bonchev–Trinajstić information content (AvgIpc) is 3.16. The molecule has 2 aliphatic rings. The minimum absolute atomic E-state index is 0.0694. The number of ether oxygens (including phenoxy) is 1. The summed E-state index contributed by atoms with van der Waals surface area (Å²) >= 11 is 0. The number of carboxylic acid groups (broad SMARTS) is 1. The van der Waals surface area contributed by atoms with E-state index in [1.165, 1.54) is 0 Å². The van der Waals surface area contributed by atoms with E-state index in [4.69, 9.17) is 9.84 Å². The Morgan fingerprint density at radius 3 is 2.26 bits per heavy atom. The minimum Gasteiger partial charge on any atom is -0.480 e. The third kappa shape index (κ3) is 4.50. The van der Waals surface area contributed by atoms with Gasteiger partial charge in [0.1, 0.15) is 12.6 Å². The van der Waals surface area contributed by atoms with Gasteiger partial charge in [-0.25, -0.2) is 9.59 Å². The summed E-state index contributed by atoms with van der Waals surface area (Å²) in [4.78, 5) is 37.0. The summed E-state index contributed by atoms with van der Waals surface area (Å²) < 4.78 is 5.64. The summed E-state index contributed by atoms with van der Waals surface area (Å²) in [5, 5.41) is 23.7. The fourth-order valence-corrected chi connectivity index (χ4v) is 5.13. The number of carbonyl (C=O) groups is 3. The molecule has 0 spiro atoms. The molecule has 8 nitrogen and oxygen atoms in total. The normalized spacial score (nSPS) is 22.2. The number of aliphatic hydroxyl groups excluding tert-OH is 1. The Kier molecular flexibility index (Phi) is 6.88. The van der Waals surface area contributed by atoms with Crippen molar-refractivity contribution in [2.45, 2.75) is 50.6 Å². The second-order valence-electron chi connectivity index (χ2n) is 9.23. The molecule has 1 saturated carbocycles. The number of carboxylic acids is 1. The van der Waals surface area contributed by atoms with Gasteiger partial charge >= 0.3 is 12.1 Å². The van der Waals surface area contributed by atoms with Crippen molar-refractivity contribution in [3.8, 4) is 11.1 Å². The second kappa shape index (κ2) is 9.85. The van der Waals surface area contributed by atoms with E-state index in [1.54, 1.807) is 6.92 Å². The maximum Gasteiger partial charge on any atom is 0.407 e. The van der Waals surface area contributed by atoms with Gasteiger partial charge in [-0.3, -0.25) is 4.79 Å². The maximum absolute atomic E-state index is 12.9. The molecule has 0 aromatic heterocycles. The van der Waals surface area contributed by atoms with Gasteiger partial charge in [0.15, 0.2) is 0 Å². The highest BCUT2D eigenvalue weighted by Gasteiger charge is 2.45. The highest BCUT2D eigenvalue weighted by Crippen LogP contribution is 2.44. The lowest BCUT2D eigenvalue weighted by molar-refractivity contribution is -0.145. The van der Waals surface area contributed by atoms with Crippen LogP contribution in [0.2, 0.25) is 0 Å². The summed E-state index contributed by atoms with van der Waals surface area (Å²) in [7, 11) is 0. The molecular formula is C26H30N2O6. The quantitative estimate of drug-likeness (QED) is 0.497. The molecule has 2 unspecified atom stereocenters. The van der Waals surface area contributed by atoms with E-state index in [0.717, 1.165) is 35.1 Å². The van der Waals surface area contributed by atoms with E-state index in [0.29, 0.717) is 12.8 Å². The Labute approximate surface area is 198 Å². The molecule has 3 atom stereocenters. The molecular weight excluding hydrogens is 436 g/mol. The smallest absolute Gasteiger partial charge is 0.407 e. The van der Waals surface area contributed by atoms with Gasteiger partial charge in [-0.05, 0) is 42.0 Å². The molecule has 4 rings (SSSR count). The molecule has 2 aliphatic carbocycles. The van der Waals surface area contributed by atoms with Crippen molar-refractivity contribution >= 4 is 18.0 Å². The van der Waals surface area contributed by atoms with Crippen LogP contribution in [-0.2, 0) is 14.3 Å². The predicted molar refractivity (Wildman–Crippen MR) is 125 cm³/mol. The van der Waals surface area contributed by atoms with E-state index in [1.807, 2.05) is 36.4 Å². The molecule has 0 bridgehead atoms. The van der Waals surface area contributed by atoms with Crippen LogP contribution in [0.1, 0.15) is 49.7 Å². The topological polar surface area (TPSA) is 125 Å². The Bertz CT molecular complexity index is 1040. The van der Waals surface area contributed by atoms with Crippen LogP contribution in [0.25, 0.3) is 11.1 Å². The van der Waals surface area contributed by atoms with Gasteiger partial charge in [-0.15, -0.1) is 0 Å². The molecule has 180 valence electrons. The molecule has 1 fully saturated rings. The number of hydrogen-bond acceptors (Lipinski definition) is 5. The Morgan fingerprint density at radius 2 is 1.68 bits per heavy atom. The van der Waals surface area contributed by atoms with Crippen molar-refractivity contribution in [2.75, 3.05) is 13.2 Å². The fourth-order valence-electron chi connectivity index (χ4n) is 5.13. The van der Waals surface area contributed by atoms with Gasteiger partial charge in [-0.1, -0.05) is 61.4 Å². The molecule has 34 heavy (non-hydrogen) atoms. The number of aliphatic carboxylic acids is 1. The van der Waals surface area contributed by atoms with E-state index in [2.05, 4.69) is 22.8 Å². The van der Waals surface area contributed by atoms with Gasteiger partial charge in [0, 0.05) is 12.0 Å². The van der Waals surface area contributed by atoms with Crippen molar-refractivity contribution in [3.63, 3.8) is 0 Å². The average molecular weight is 467 g/mol. The molecule has 0 radical (unpaired) electrons. The van der Waals surface area contributed by atoms with Crippen molar-refractivity contribution in [1.82, 2.24) is 10.6 Å². The number of amides is 2. The van der Waals surface area contributed by atoms with E-state index >= 15 is 0 Å². The van der Waals surface area contributed by atoms with Gasteiger partial charge in [0.05, 0.1) is 12.0 Å². The summed E-state index contributed by atoms with van der Waals surface area (Å²) in [5.41, 5.74) is 3.50. The molecule has 0 aliphatic heterocycles. The monoisotopic (exact) mass is 466 g/mol. The molecule has 2 aromatic rings. The van der Waals surface area contributed by atoms with Crippen molar-refractivity contribution in [1.29, 1.82) is 0 Å². The summed E-state index contributed by atoms with van der Waals surface area (Å²) in [6.45, 7) is 1.18. The number of fused-ring (bicyclic) bond motifs is 3. The van der Waals surface area contributed by atoms with Crippen LogP contribution in [0, 0.1) is 5.41 Å². The molecule has 0 saturated heterocycles. The SMILES string of the molecule is CC1(C(=O)N[C@H](CO)C(=O)O)CCCCC1NC(=O)OCC1c2ccccc2-c2ccccc21. The zero-order valence-electron chi connectivity index (χ0n) is 19.1. The zero-order valence-corrected chi connectivity index (χ0v) is 19.1. The summed E-state index contributed by atoms with van der Waals surface area (Å²) in [6, 6.07) is 14.3. The Balaban J connectivity index is 1.43.